The Hall–Kier alpha value is -1.34. The molecule has 0 aliphatic carbocycles. The van der Waals surface area contributed by atoms with Gasteiger partial charge in [0.15, 0.2) is 0 Å². The van der Waals surface area contributed by atoms with E-state index in [0.29, 0.717) is 6.61 Å². The van der Waals surface area contributed by atoms with E-state index >= 15 is 0 Å². The molecule has 0 saturated carbocycles. The Kier molecular flexibility index (Phi) is 4.92. The topological polar surface area (TPSA) is 108 Å². The van der Waals surface area contributed by atoms with Crippen LogP contribution >= 0.6 is 0 Å². The molecule has 2 amide bonds. The standard InChI is InChI=1S/C11H20N2O5/c1-7-8(3-4-18-7)13-10(16)12-6-11(2,17)5-9(14)15/h7-8,17H,3-6H2,1-2H3,(H,14,15)(H2,12,13,16). The maximum atomic E-state index is 11.5. The van der Waals surface area contributed by atoms with Crippen LogP contribution in [0.4, 0.5) is 4.79 Å². The number of hydrogen-bond acceptors (Lipinski definition) is 4. The van der Waals surface area contributed by atoms with Gasteiger partial charge in [-0.3, -0.25) is 4.79 Å². The predicted octanol–water partition coefficient (Wildman–Crippen LogP) is -0.311. The fourth-order valence-electron chi connectivity index (χ4n) is 1.80. The zero-order valence-corrected chi connectivity index (χ0v) is 10.6. The van der Waals surface area contributed by atoms with Gasteiger partial charge in [-0.1, -0.05) is 0 Å². The molecule has 7 nitrogen and oxygen atoms in total. The van der Waals surface area contributed by atoms with E-state index in [1.807, 2.05) is 6.92 Å². The molecule has 1 aliphatic rings. The number of nitrogens with one attached hydrogen (secondary N) is 2. The molecule has 0 aromatic carbocycles. The molecule has 1 fully saturated rings. The second kappa shape index (κ2) is 6.01. The summed E-state index contributed by atoms with van der Waals surface area (Å²) in [6.45, 7) is 3.73. The van der Waals surface area contributed by atoms with Crippen LogP contribution in [0.2, 0.25) is 0 Å². The van der Waals surface area contributed by atoms with Crippen LogP contribution in [0.25, 0.3) is 0 Å². The minimum Gasteiger partial charge on any atom is -0.481 e. The molecule has 0 aromatic rings. The summed E-state index contributed by atoms with van der Waals surface area (Å²) >= 11 is 0. The van der Waals surface area contributed by atoms with E-state index in [9.17, 15) is 14.7 Å². The second-order valence-electron chi connectivity index (χ2n) is 4.87. The third kappa shape index (κ3) is 4.89. The molecule has 0 spiro atoms. The average molecular weight is 260 g/mol. The van der Waals surface area contributed by atoms with E-state index in [1.54, 1.807) is 0 Å². The Morgan fingerprint density at radius 3 is 2.67 bits per heavy atom. The maximum absolute atomic E-state index is 11.5. The van der Waals surface area contributed by atoms with Crippen LogP contribution < -0.4 is 10.6 Å². The zero-order valence-electron chi connectivity index (χ0n) is 10.6. The minimum absolute atomic E-state index is 0.0321. The van der Waals surface area contributed by atoms with E-state index < -0.39 is 24.0 Å². The van der Waals surface area contributed by atoms with Crippen LogP contribution in [0.5, 0.6) is 0 Å². The Morgan fingerprint density at radius 2 is 2.17 bits per heavy atom. The fourth-order valence-corrected chi connectivity index (χ4v) is 1.80. The zero-order chi connectivity index (χ0) is 13.8. The van der Waals surface area contributed by atoms with Crippen molar-refractivity contribution >= 4 is 12.0 Å². The van der Waals surface area contributed by atoms with Gasteiger partial charge in [-0.15, -0.1) is 0 Å². The summed E-state index contributed by atoms with van der Waals surface area (Å²) in [4.78, 5) is 22.0. The first-order valence-electron chi connectivity index (χ1n) is 5.90. The van der Waals surface area contributed by atoms with E-state index in [2.05, 4.69) is 10.6 Å². The maximum Gasteiger partial charge on any atom is 0.315 e. The smallest absolute Gasteiger partial charge is 0.315 e. The summed E-state index contributed by atoms with van der Waals surface area (Å²) in [6, 6.07) is -0.475. The van der Waals surface area contributed by atoms with Gasteiger partial charge in [0.1, 0.15) is 0 Å². The fraction of sp³-hybridized carbons (Fsp3) is 0.818. The minimum atomic E-state index is -1.46. The number of aliphatic carboxylic acids is 1. The number of carbonyl (C=O) groups excluding carboxylic acids is 1. The Balaban J connectivity index is 2.30. The summed E-state index contributed by atoms with van der Waals surface area (Å²) in [6.07, 6.45) is 0.298. The van der Waals surface area contributed by atoms with Gasteiger partial charge in [0.2, 0.25) is 0 Å². The average Bonchev–Trinajstić information content (AvgIpc) is 2.60. The molecule has 3 atom stereocenters. The van der Waals surface area contributed by atoms with Crippen molar-refractivity contribution in [2.75, 3.05) is 13.2 Å². The molecular weight excluding hydrogens is 240 g/mol. The van der Waals surface area contributed by atoms with Crippen LogP contribution in [-0.2, 0) is 9.53 Å². The van der Waals surface area contributed by atoms with E-state index in [4.69, 9.17) is 9.84 Å². The highest BCUT2D eigenvalue weighted by atomic mass is 16.5. The lowest BCUT2D eigenvalue weighted by molar-refractivity contribution is -0.141. The van der Waals surface area contributed by atoms with Gasteiger partial charge < -0.3 is 25.6 Å². The van der Waals surface area contributed by atoms with Gasteiger partial charge in [0.05, 0.1) is 24.2 Å². The van der Waals surface area contributed by atoms with Crippen LogP contribution in [0.1, 0.15) is 26.7 Å². The van der Waals surface area contributed by atoms with Crippen LogP contribution in [0, 0.1) is 0 Å². The number of amides is 2. The molecule has 3 unspecified atom stereocenters. The summed E-state index contributed by atoms with van der Waals surface area (Å²) in [5, 5.41) is 23.5. The van der Waals surface area contributed by atoms with Crippen LogP contribution in [0.3, 0.4) is 0 Å². The molecule has 4 N–H and O–H groups in total. The number of carbonyl (C=O) groups is 2. The Morgan fingerprint density at radius 1 is 1.50 bits per heavy atom. The van der Waals surface area contributed by atoms with E-state index in [0.717, 1.165) is 6.42 Å². The first kappa shape index (κ1) is 14.7. The summed E-state index contributed by atoms with van der Waals surface area (Å²) in [7, 11) is 0. The molecule has 0 radical (unpaired) electrons. The number of urea groups is 1. The first-order chi connectivity index (χ1) is 8.30. The monoisotopic (exact) mass is 260 g/mol. The van der Waals surface area contributed by atoms with Crippen LogP contribution in [0.15, 0.2) is 0 Å². The van der Waals surface area contributed by atoms with Gasteiger partial charge >= 0.3 is 12.0 Å². The summed E-state index contributed by atoms with van der Waals surface area (Å²) < 4.78 is 5.29. The highest BCUT2D eigenvalue weighted by Crippen LogP contribution is 2.12. The molecule has 18 heavy (non-hydrogen) atoms. The second-order valence-corrected chi connectivity index (χ2v) is 4.87. The Bertz CT molecular complexity index is 319. The summed E-state index contributed by atoms with van der Waals surface area (Å²) in [5.74, 6) is -1.11. The van der Waals surface area contributed by atoms with Crippen molar-refractivity contribution in [1.82, 2.24) is 10.6 Å². The van der Waals surface area contributed by atoms with E-state index in [1.165, 1.54) is 6.92 Å². The highest BCUT2D eigenvalue weighted by molar-refractivity contribution is 5.74. The first-order valence-corrected chi connectivity index (χ1v) is 5.90. The molecule has 1 heterocycles. The number of rotatable bonds is 5. The predicted molar refractivity (Wildman–Crippen MR) is 63.2 cm³/mol. The lowest BCUT2D eigenvalue weighted by atomic mass is 10.0. The van der Waals surface area contributed by atoms with Gasteiger partial charge in [-0.25, -0.2) is 4.79 Å². The molecule has 1 saturated heterocycles. The van der Waals surface area contributed by atoms with Crippen molar-refractivity contribution in [2.24, 2.45) is 0 Å². The SMILES string of the molecule is CC1OCCC1NC(=O)NCC(C)(O)CC(=O)O. The van der Waals surface area contributed by atoms with Gasteiger partial charge in [0, 0.05) is 13.2 Å². The quantitative estimate of drug-likeness (QED) is 0.542. The molecule has 0 aromatic heterocycles. The molecule has 0 bridgehead atoms. The Labute approximate surface area is 106 Å². The number of hydrogen-bond donors (Lipinski definition) is 4. The molecular formula is C11H20N2O5. The van der Waals surface area contributed by atoms with Crippen molar-refractivity contribution in [3.8, 4) is 0 Å². The number of carboxylic acids is 1. The van der Waals surface area contributed by atoms with Gasteiger partial charge in [0.25, 0.3) is 0 Å². The van der Waals surface area contributed by atoms with Crippen molar-refractivity contribution in [3.63, 3.8) is 0 Å². The third-order valence-corrected chi connectivity index (χ3v) is 2.85. The van der Waals surface area contributed by atoms with Crippen molar-refractivity contribution in [1.29, 1.82) is 0 Å². The normalized spacial score (nSPS) is 26.4. The summed E-state index contributed by atoms with van der Waals surface area (Å²) in [5.41, 5.74) is -1.46. The third-order valence-electron chi connectivity index (χ3n) is 2.85. The van der Waals surface area contributed by atoms with Gasteiger partial charge in [-0.05, 0) is 20.3 Å². The van der Waals surface area contributed by atoms with Crippen molar-refractivity contribution < 1.29 is 24.5 Å². The lowest BCUT2D eigenvalue weighted by Crippen LogP contribution is -2.49. The molecule has 1 aliphatic heterocycles. The molecule has 1 rings (SSSR count). The van der Waals surface area contributed by atoms with Gasteiger partial charge in [-0.2, -0.15) is 0 Å². The molecule has 7 heteroatoms. The number of ether oxygens (including phenoxy) is 1. The largest absolute Gasteiger partial charge is 0.481 e. The van der Waals surface area contributed by atoms with E-state index in [-0.39, 0.29) is 18.7 Å². The highest BCUT2D eigenvalue weighted by Gasteiger charge is 2.28. The lowest BCUT2D eigenvalue weighted by Gasteiger charge is -2.23. The number of aliphatic hydroxyl groups is 1. The number of carboxylic acid groups (broad SMARTS) is 1. The molecule has 104 valence electrons. The van der Waals surface area contributed by atoms with Crippen molar-refractivity contribution in [2.45, 2.75) is 44.4 Å². The van der Waals surface area contributed by atoms with Crippen molar-refractivity contribution in [3.05, 3.63) is 0 Å². The van der Waals surface area contributed by atoms with Crippen LogP contribution in [-0.4, -0.2) is 53.1 Å².